The van der Waals surface area contributed by atoms with E-state index in [2.05, 4.69) is 12.2 Å². The van der Waals surface area contributed by atoms with Gasteiger partial charge in [0, 0.05) is 23.2 Å². The van der Waals surface area contributed by atoms with Crippen LogP contribution in [0.3, 0.4) is 0 Å². The van der Waals surface area contributed by atoms with Crippen molar-refractivity contribution in [2.75, 3.05) is 11.9 Å². The summed E-state index contributed by atoms with van der Waals surface area (Å²) in [6.07, 6.45) is 2.11. The molecule has 0 aliphatic rings. The van der Waals surface area contributed by atoms with Crippen LogP contribution in [0.15, 0.2) is 63.8 Å². The molecule has 2 aromatic carbocycles. The van der Waals surface area contributed by atoms with Crippen LogP contribution in [0.25, 0.3) is 11.0 Å². The number of fused-ring (bicyclic) bond motifs is 1. The summed E-state index contributed by atoms with van der Waals surface area (Å²) in [5.41, 5.74) is 1.98. The second-order valence-corrected chi connectivity index (χ2v) is 5.74. The Balaban J connectivity index is 1.59. The second kappa shape index (κ2) is 7.66. The minimum absolute atomic E-state index is 0.126. The fourth-order valence-electron chi connectivity index (χ4n) is 2.52. The number of hydrogen-bond donors (Lipinski definition) is 1. The standard InChI is InChI=1S/C20H19NO4/c1-2-3-14-4-8-16(9-5-14)21-19(22)13-24-17-10-6-15-7-11-20(23)25-18(15)12-17/h4-12H,2-3,13H2,1H3,(H,21,22). The van der Waals surface area contributed by atoms with E-state index in [0.29, 0.717) is 11.3 Å². The van der Waals surface area contributed by atoms with Crippen LogP contribution in [0.2, 0.25) is 0 Å². The van der Waals surface area contributed by atoms with Gasteiger partial charge in [0.05, 0.1) is 0 Å². The topological polar surface area (TPSA) is 68.5 Å². The highest BCUT2D eigenvalue weighted by Crippen LogP contribution is 2.19. The average Bonchev–Trinajstić information content (AvgIpc) is 2.61. The quantitative estimate of drug-likeness (QED) is 0.695. The lowest BCUT2D eigenvalue weighted by atomic mass is 10.1. The number of carbonyl (C=O) groups is 1. The Kier molecular flexibility index (Phi) is 5.14. The molecule has 5 nitrogen and oxygen atoms in total. The molecule has 0 saturated heterocycles. The van der Waals surface area contributed by atoms with E-state index in [9.17, 15) is 9.59 Å². The van der Waals surface area contributed by atoms with E-state index in [1.807, 2.05) is 24.3 Å². The van der Waals surface area contributed by atoms with E-state index in [1.165, 1.54) is 11.6 Å². The van der Waals surface area contributed by atoms with Crippen molar-refractivity contribution in [1.82, 2.24) is 0 Å². The highest BCUT2D eigenvalue weighted by Gasteiger charge is 2.06. The van der Waals surface area contributed by atoms with Crippen LogP contribution in [-0.4, -0.2) is 12.5 Å². The van der Waals surface area contributed by atoms with Gasteiger partial charge in [-0.2, -0.15) is 0 Å². The van der Waals surface area contributed by atoms with Crippen LogP contribution in [0.1, 0.15) is 18.9 Å². The summed E-state index contributed by atoms with van der Waals surface area (Å²) in [6, 6.07) is 15.9. The largest absolute Gasteiger partial charge is 0.484 e. The first-order chi connectivity index (χ1) is 12.1. The molecule has 1 amide bonds. The lowest BCUT2D eigenvalue weighted by Crippen LogP contribution is -2.20. The van der Waals surface area contributed by atoms with E-state index in [1.54, 1.807) is 24.3 Å². The van der Waals surface area contributed by atoms with Gasteiger partial charge in [0.15, 0.2) is 6.61 Å². The van der Waals surface area contributed by atoms with Crippen LogP contribution in [0.4, 0.5) is 5.69 Å². The van der Waals surface area contributed by atoms with Crippen molar-refractivity contribution in [3.63, 3.8) is 0 Å². The number of aryl methyl sites for hydroxylation is 1. The maximum Gasteiger partial charge on any atom is 0.336 e. The lowest BCUT2D eigenvalue weighted by molar-refractivity contribution is -0.118. The van der Waals surface area contributed by atoms with E-state index in [0.717, 1.165) is 23.9 Å². The smallest absolute Gasteiger partial charge is 0.336 e. The Morgan fingerprint density at radius 3 is 2.60 bits per heavy atom. The highest BCUT2D eigenvalue weighted by molar-refractivity contribution is 5.92. The molecule has 0 fully saturated rings. The number of amides is 1. The molecule has 128 valence electrons. The van der Waals surface area contributed by atoms with Gasteiger partial charge in [0.1, 0.15) is 11.3 Å². The van der Waals surface area contributed by atoms with Crippen molar-refractivity contribution in [3.05, 3.63) is 70.6 Å². The predicted octanol–water partition coefficient (Wildman–Crippen LogP) is 3.76. The van der Waals surface area contributed by atoms with Gasteiger partial charge in [-0.25, -0.2) is 4.79 Å². The molecular formula is C20H19NO4. The van der Waals surface area contributed by atoms with Crippen LogP contribution in [-0.2, 0) is 11.2 Å². The van der Waals surface area contributed by atoms with E-state index >= 15 is 0 Å². The molecule has 0 bridgehead atoms. The summed E-state index contributed by atoms with van der Waals surface area (Å²) in [6.45, 7) is 2.00. The van der Waals surface area contributed by atoms with Crippen molar-refractivity contribution < 1.29 is 13.9 Å². The van der Waals surface area contributed by atoms with E-state index in [-0.39, 0.29) is 12.5 Å². The van der Waals surface area contributed by atoms with Crippen LogP contribution in [0, 0.1) is 0 Å². The molecule has 0 radical (unpaired) electrons. The number of benzene rings is 2. The Morgan fingerprint density at radius 2 is 1.84 bits per heavy atom. The number of anilines is 1. The number of rotatable bonds is 6. The van der Waals surface area contributed by atoms with Crippen LogP contribution in [0.5, 0.6) is 5.75 Å². The van der Waals surface area contributed by atoms with Gasteiger partial charge in [-0.15, -0.1) is 0 Å². The number of nitrogens with one attached hydrogen (secondary N) is 1. The monoisotopic (exact) mass is 337 g/mol. The van der Waals surface area contributed by atoms with Gasteiger partial charge in [-0.05, 0) is 42.3 Å². The van der Waals surface area contributed by atoms with Crippen LogP contribution < -0.4 is 15.7 Å². The third-order valence-electron chi connectivity index (χ3n) is 3.74. The van der Waals surface area contributed by atoms with Crippen molar-refractivity contribution in [2.45, 2.75) is 19.8 Å². The summed E-state index contributed by atoms with van der Waals surface area (Å²) < 4.78 is 10.6. The second-order valence-electron chi connectivity index (χ2n) is 5.74. The molecule has 3 rings (SSSR count). The Morgan fingerprint density at radius 1 is 1.08 bits per heavy atom. The summed E-state index contributed by atoms with van der Waals surface area (Å²) >= 11 is 0. The maximum atomic E-state index is 12.0. The number of hydrogen-bond acceptors (Lipinski definition) is 4. The Labute approximate surface area is 145 Å². The Hall–Kier alpha value is -3.08. The molecule has 5 heteroatoms. The summed E-state index contributed by atoms with van der Waals surface area (Å²) in [4.78, 5) is 23.3. The molecule has 0 aliphatic carbocycles. The number of ether oxygens (including phenoxy) is 1. The first-order valence-corrected chi connectivity index (χ1v) is 8.19. The Bertz CT molecular complexity index is 928. The molecule has 1 N–H and O–H groups in total. The van der Waals surface area contributed by atoms with Crippen molar-refractivity contribution in [1.29, 1.82) is 0 Å². The van der Waals surface area contributed by atoms with Gasteiger partial charge in [0.2, 0.25) is 0 Å². The SMILES string of the molecule is CCCc1ccc(NC(=O)COc2ccc3ccc(=O)oc3c2)cc1. The first-order valence-electron chi connectivity index (χ1n) is 8.19. The minimum atomic E-state index is -0.422. The van der Waals surface area contributed by atoms with E-state index in [4.69, 9.17) is 9.15 Å². The summed E-state index contributed by atoms with van der Waals surface area (Å²) in [5.74, 6) is 0.216. The highest BCUT2D eigenvalue weighted by atomic mass is 16.5. The third kappa shape index (κ3) is 4.47. The average molecular weight is 337 g/mol. The van der Waals surface area contributed by atoms with Gasteiger partial charge in [0.25, 0.3) is 5.91 Å². The van der Waals surface area contributed by atoms with Crippen LogP contribution >= 0.6 is 0 Å². The molecule has 0 spiro atoms. The van der Waals surface area contributed by atoms with Gasteiger partial charge < -0.3 is 14.5 Å². The van der Waals surface area contributed by atoms with Gasteiger partial charge >= 0.3 is 5.63 Å². The molecule has 0 saturated carbocycles. The molecule has 0 aliphatic heterocycles. The molecule has 0 atom stereocenters. The normalized spacial score (nSPS) is 10.6. The summed E-state index contributed by atoms with van der Waals surface area (Å²) in [7, 11) is 0. The lowest BCUT2D eigenvalue weighted by Gasteiger charge is -2.08. The predicted molar refractivity (Wildman–Crippen MR) is 97.0 cm³/mol. The minimum Gasteiger partial charge on any atom is -0.484 e. The fourth-order valence-corrected chi connectivity index (χ4v) is 2.52. The molecule has 1 aromatic heterocycles. The molecular weight excluding hydrogens is 318 g/mol. The van der Waals surface area contributed by atoms with Crippen molar-refractivity contribution >= 4 is 22.6 Å². The number of carbonyl (C=O) groups excluding carboxylic acids is 1. The van der Waals surface area contributed by atoms with E-state index < -0.39 is 5.63 Å². The molecule has 3 aromatic rings. The first kappa shape index (κ1) is 16.8. The zero-order valence-electron chi connectivity index (χ0n) is 14.0. The van der Waals surface area contributed by atoms with Crippen molar-refractivity contribution in [2.24, 2.45) is 0 Å². The third-order valence-corrected chi connectivity index (χ3v) is 3.74. The fraction of sp³-hybridized carbons (Fsp3) is 0.200. The van der Waals surface area contributed by atoms with Gasteiger partial charge in [-0.3, -0.25) is 4.79 Å². The zero-order chi connectivity index (χ0) is 17.6. The zero-order valence-corrected chi connectivity index (χ0v) is 14.0. The maximum absolute atomic E-state index is 12.0. The molecule has 1 heterocycles. The van der Waals surface area contributed by atoms with Gasteiger partial charge in [-0.1, -0.05) is 25.5 Å². The summed E-state index contributed by atoms with van der Waals surface area (Å²) in [5, 5.41) is 3.59. The molecule has 25 heavy (non-hydrogen) atoms. The van der Waals surface area contributed by atoms with Crippen molar-refractivity contribution in [3.8, 4) is 5.75 Å². The molecule has 0 unspecified atom stereocenters.